The van der Waals surface area contributed by atoms with Gasteiger partial charge in [0, 0.05) is 18.1 Å². The van der Waals surface area contributed by atoms with Crippen LogP contribution in [0.1, 0.15) is 53.9 Å². The minimum absolute atomic E-state index is 0.00506. The number of hydrogen-bond acceptors (Lipinski definition) is 3. The van der Waals surface area contributed by atoms with E-state index in [9.17, 15) is 9.59 Å². The van der Waals surface area contributed by atoms with Crippen LogP contribution in [0.25, 0.3) is 0 Å². The molecule has 22 heavy (non-hydrogen) atoms. The lowest BCUT2D eigenvalue weighted by molar-refractivity contribution is -0.139. The van der Waals surface area contributed by atoms with Crippen molar-refractivity contribution in [3.05, 3.63) is 35.4 Å². The molecule has 0 bridgehead atoms. The molecule has 0 aromatic heterocycles. The Morgan fingerprint density at radius 3 is 2.77 bits per heavy atom. The summed E-state index contributed by atoms with van der Waals surface area (Å²) < 4.78 is 5.40. The van der Waals surface area contributed by atoms with Crippen molar-refractivity contribution in [3.8, 4) is 0 Å². The van der Waals surface area contributed by atoms with Gasteiger partial charge in [-0.1, -0.05) is 12.1 Å². The Morgan fingerprint density at radius 2 is 2.18 bits per heavy atom. The SMILES string of the molecule is O=C(O)CC1(NC(=O)c2cccc(C3CCOC3)c2)CCC1. The average molecular weight is 303 g/mol. The van der Waals surface area contributed by atoms with Crippen LogP contribution in [0.2, 0.25) is 0 Å². The van der Waals surface area contributed by atoms with Crippen LogP contribution in [0, 0.1) is 0 Å². The third-order valence-electron chi connectivity index (χ3n) is 4.73. The summed E-state index contributed by atoms with van der Waals surface area (Å²) in [5, 5.41) is 12.0. The van der Waals surface area contributed by atoms with Crippen LogP contribution in [0.15, 0.2) is 24.3 Å². The summed E-state index contributed by atoms with van der Waals surface area (Å²) in [6.45, 7) is 1.47. The molecule has 0 spiro atoms. The van der Waals surface area contributed by atoms with Crippen molar-refractivity contribution in [3.63, 3.8) is 0 Å². The molecule has 1 saturated heterocycles. The smallest absolute Gasteiger partial charge is 0.305 e. The van der Waals surface area contributed by atoms with Crippen molar-refractivity contribution < 1.29 is 19.4 Å². The summed E-state index contributed by atoms with van der Waals surface area (Å²) in [5.74, 6) is -0.692. The molecular formula is C17H21NO4. The van der Waals surface area contributed by atoms with E-state index in [0.717, 1.165) is 37.9 Å². The van der Waals surface area contributed by atoms with Gasteiger partial charge in [0.25, 0.3) is 5.91 Å². The second-order valence-electron chi connectivity index (χ2n) is 6.34. The Morgan fingerprint density at radius 1 is 1.36 bits per heavy atom. The van der Waals surface area contributed by atoms with Crippen molar-refractivity contribution in [2.75, 3.05) is 13.2 Å². The number of ether oxygens (including phenoxy) is 1. The van der Waals surface area contributed by atoms with Gasteiger partial charge < -0.3 is 15.2 Å². The monoisotopic (exact) mass is 303 g/mol. The van der Waals surface area contributed by atoms with E-state index in [-0.39, 0.29) is 12.3 Å². The van der Waals surface area contributed by atoms with Crippen LogP contribution in [-0.4, -0.2) is 35.7 Å². The standard InChI is InChI=1S/C17H21NO4/c19-15(20)10-17(6-2-7-17)18-16(21)13-4-1-3-12(9-13)14-5-8-22-11-14/h1,3-4,9,14H,2,5-8,10-11H2,(H,18,21)(H,19,20). The number of hydrogen-bond donors (Lipinski definition) is 2. The maximum atomic E-state index is 12.5. The summed E-state index contributed by atoms with van der Waals surface area (Å²) in [7, 11) is 0. The van der Waals surface area contributed by atoms with Crippen molar-refractivity contribution in [2.45, 2.75) is 43.6 Å². The summed E-state index contributed by atoms with van der Waals surface area (Å²) in [4.78, 5) is 23.5. The van der Waals surface area contributed by atoms with E-state index < -0.39 is 11.5 Å². The predicted octanol–water partition coefficient (Wildman–Crippen LogP) is 2.32. The third kappa shape index (κ3) is 3.14. The highest BCUT2D eigenvalue weighted by molar-refractivity contribution is 5.95. The number of benzene rings is 1. The second kappa shape index (κ2) is 6.08. The predicted molar refractivity (Wildman–Crippen MR) is 80.9 cm³/mol. The number of carbonyl (C=O) groups excluding carboxylic acids is 1. The van der Waals surface area contributed by atoms with E-state index in [0.29, 0.717) is 18.1 Å². The van der Waals surface area contributed by atoms with E-state index in [4.69, 9.17) is 9.84 Å². The van der Waals surface area contributed by atoms with E-state index in [1.54, 1.807) is 6.07 Å². The van der Waals surface area contributed by atoms with Gasteiger partial charge in [0.05, 0.1) is 18.6 Å². The molecule has 1 aromatic rings. The van der Waals surface area contributed by atoms with Crippen LogP contribution in [0.4, 0.5) is 0 Å². The Kier molecular flexibility index (Phi) is 4.16. The summed E-state index contributed by atoms with van der Waals surface area (Å²) in [5.41, 5.74) is 1.15. The van der Waals surface area contributed by atoms with Gasteiger partial charge in [-0.05, 0) is 43.4 Å². The molecule has 5 heteroatoms. The zero-order valence-electron chi connectivity index (χ0n) is 12.5. The molecule has 1 aliphatic heterocycles. The van der Waals surface area contributed by atoms with Crippen molar-refractivity contribution in [1.82, 2.24) is 5.32 Å². The Hall–Kier alpha value is -1.88. The van der Waals surface area contributed by atoms with Gasteiger partial charge in [-0.15, -0.1) is 0 Å². The van der Waals surface area contributed by atoms with E-state index in [1.165, 1.54) is 0 Å². The van der Waals surface area contributed by atoms with Crippen LogP contribution < -0.4 is 5.32 Å². The quantitative estimate of drug-likeness (QED) is 0.875. The molecule has 1 heterocycles. The maximum absolute atomic E-state index is 12.5. The van der Waals surface area contributed by atoms with Crippen molar-refractivity contribution >= 4 is 11.9 Å². The third-order valence-corrected chi connectivity index (χ3v) is 4.73. The number of amides is 1. The molecule has 3 rings (SSSR count). The molecule has 5 nitrogen and oxygen atoms in total. The van der Waals surface area contributed by atoms with Gasteiger partial charge in [-0.2, -0.15) is 0 Å². The van der Waals surface area contributed by atoms with Gasteiger partial charge in [-0.25, -0.2) is 0 Å². The lowest BCUT2D eigenvalue weighted by Crippen LogP contribution is -2.54. The first kappa shape index (κ1) is 15.0. The number of rotatable bonds is 5. The molecule has 1 aliphatic carbocycles. The van der Waals surface area contributed by atoms with Crippen LogP contribution >= 0.6 is 0 Å². The van der Waals surface area contributed by atoms with Gasteiger partial charge in [0.1, 0.15) is 0 Å². The summed E-state index contributed by atoms with van der Waals surface area (Å²) in [6.07, 6.45) is 3.42. The number of carboxylic acid groups (broad SMARTS) is 1. The van der Waals surface area contributed by atoms with Gasteiger partial charge in [0.15, 0.2) is 0 Å². The lowest BCUT2D eigenvalue weighted by atomic mass is 9.74. The number of carbonyl (C=O) groups is 2. The Labute approximate surface area is 129 Å². The normalized spacial score (nSPS) is 22.8. The van der Waals surface area contributed by atoms with Crippen LogP contribution in [-0.2, 0) is 9.53 Å². The largest absolute Gasteiger partial charge is 0.481 e. The molecule has 2 aliphatic rings. The highest BCUT2D eigenvalue weighted by Gasteiger charge is 2.40. The zero-order valence-corrected chi connectivity index (χ0v) is 12.5. The minimum atomic E-state index is -0.864. The van der Waals surface area contributed by atoms with E-state index in [2.05, 4.69) is 5.32 Å². The highest BCUT2D eigenvalue weighted by atomic mass is 16.5. The van der Waals surface area contributed by atoms with Crippen molar-refractivity contribution in [2.24, 2.45) is 0 Å². The fraction of sp³-hybridized carbons (Fsp3) is 0.529. The maximum Gasteiger partial charge on any atom is 0.305 e. The van der Waals surface area contributed by atoms with Crippen molar-refractivity contribution in [1.29, 1.82) is 0 Å². The number of nitrogens with one attached hydrogen (secondary N) is 1. The second-order valence-corrected chi connectivity index (χ2v) is 6.34. The summed E-state index contributed by atoms with van der Waals surface area (Å²) in [6, 6.07) is 7.59. The molecule has 1 aromatic carbocycles. The highest BCUT2D eigenvalue weighted by Crippen LogP contribution is 2.35. The Balaban J connectivity index is 1.71. The van der Waals surface area contributed by atoms with Gasteiger partial charge in [0.2, 0.25) is 0 Å². The first-order valence-electron chi connectivity index (χ1n) is 7.80. The van der Waals surface area contributed by atoms with Crippen LogP contribution in [0.5, 0.6) is 0 Å². The minimum Gasteiger partial charge on any atom is -0.481 e. The molecule has 1 atom stereocenters. The number of carboxylic acids is 1. The number of aliphatic carboxylic acids is 1. The Bertz CT molecular complexity index is 574. The van der Waals surface area contributed by atoms with E-state index >= 15 is 0 Å². The van der Waals surface area contributed by atoms with E-state index in [1.807, 2.05) is 18.2 Å². The van der Waals surface area contributed by atoms with Gasteiger partial charge in [-0.3, -0.25) is 9.59 Å². The molecule has 2 N–H and O–H groups in total. The zero-order chi connectivity index (χ0) is 15.6. The van der Waals surface area contributed by atoms with Gasteiger partial charge >= 0.3 is 5.97 Å². The molecular weight excluding hydrogens is 282 g/mol. The fourth-order valence-electron chi connectivity index (χ4n) is 3.28. The molecule has 1 amide bonds. The first-order valence-corrected chi connectivity index (χ1v) is 7.80. The first-order chi connectivity index (χ1) is 10.6. The molecule has 118 valence electrons. The fourth-order valence-corrected chi connectivity index (χ4v) is 3.28. The average Bonchev–Trinajstić information content (AvgIpc) is 2.98. The molecule has 2 fully saturated rings. The summed E-state index contributed by atoms with van der Waals surface area (Å²) >= 11 is 0. The molecule has 1 unspecified atom stereocenters. The topological polar surface area (TPSA) is 75.6 Å². The molecule has 0 radical (unpaired) electrons. The van der Waals surface area contributed by atoms with Crippen LogP contribution in [0.3, 0.4) is 0 Å². The lowest BCUT2D eigenvalue weighted by Gasteiger charge is -2.41. The molecule has 1 saturated carbocycles.